The Morgan fingerprint density at radius 2 is 1.97 bits per heavy atom. The van der Waals surface area contributed by atoms with E-state index in [4.69, 9.17) is 0 Å². The average molecular weight is 444 g/mol. The van der Waals surface area contributed by atoms with Crippen LogP contribution in [0, 0.1) is 5.82 Å². The zero-order valence-electron chi connectivity index (χ0n) is 14.7. The highest BCUT2D eigenvalue weighted by molar-refractivity contribution is 7.94. The van der Waals surface area contributed by atoms with Crippen molar-refractivity contribution in [1.29, 1.82) is 0 Å². The van der Waals surface area contributed by atoms with Crippen molar-refractivity contribution >= 4 is 37.8 Å². The topological polar surface area (TPSA) is 99.3 Å². The van der Waals surface area contributed by atoms with Gasteiger partial charge in [0.2, 0.25) is 5.56 Å². The Morgan fingerprint density at radius 1 is 1.21 bits per heavy atom. The fraction of sp³-hybridized carbons (Fsp3) is 0.278. The van der Waals surface area contributed by atoms with Gasteiger partial charge >= 0.3 is 0 Å². The smallest absolute Gasteiger partial charge is 0.274 e. The summed E-state index contributed by atoms with van der Waals surface area (Å²) < 4.78 is 68.7. The summed E-state index contributed by atoms with van der Waals surface area (Å²) >= 11 is 0.806. The van der Waals surface area contributed by atoms with Crippen LogP contribution in [0.2, 0.25) is 0 Å². The SMILES string of the molecule is O=c1cc2cc(F)c(NS(=O)(=O)c3ccc(C4CC(O)C(F)(F)C4)s3)cc2c[nH]1. The molecule has 2 atom stereocenters. The minimum absolute atomic E-state index is 0.154. The predicted octanol–water partition coefficient (Wildman–Crippen LogP) is 3.40. The van der Waals surface area contributed by atoms with E-state index in [1.807, 2.05) is 0 Å². The number of sulfonamides is 1. The molecule has 2 heterocycles. The van der Waals surface area contributed by atoms with Crippen molar-refractivity contribution in [3.63, 3.8) is 0 Å². The highest BCUT2D eigenvalue weighted by atomic mass is 32.2. The summed E-state index contributed by atoms with van der Waals surface area (Å²) in [5.74, 6) is -4.72. The van der Waals surface area contributed by atoms with Gasteiger partial charge in [0.25, 0.3) is 15.9 Å². The zero-order valence-corrected chi connectivity index (χ0v) is 16.3. The number of H-pyrrole nitrogens is 1. The number of alkyl halides is 2. The van der Waals surface area contributed by atoms with Gasteiger partial charge in [-0.05, 0) is 36.1 Å². The second kappa shape index (κ2) is 6.85. The third-order valence-corrected chi connectivity index (χ3v) is 7.96. The maximum Gasteiger partial charge on any atom is 0.274 e. The molecule has 0 aliphatic heterocycles. The molecule has 29 heavy (non-hydrogen) atoms. The van der Waals surface area contributed by atoms with Crippen molar-refractivity contribution in [2.75, 3.05) is 4.72 Å². The number of nitrogens with one attached hydrogen (secondary N) is 2. The molecule has 1 saturated carbocycles. The Bertz CT molecular complexity index is 1250. The molecule has 4 rings (SSSR count). The van der Waals surface area contributed by atoms with Gasteiger partial charge in [0.15, 0.2) is 0 Å². The molecule has 1 aliphatic carbocycles. The number of aliphatic hydroxyl groups is 1. The number of thiophene rings is 1. The first-order valence-corrected chi connectivity index (χ1v) is 10.9. The van der Waals surface area contributed by atoms with Gasteiger partial charge in [-0.15, -0.1) is 11.3 Å². The second-order valence-electron chi connectivity index (χ2n) is 6.93. The zero-order chi connectivity index (χ0) is 21.0. The number of halogens is 3. The third kappa shape index (κ3) is 3.77. The Balaban J connectivity index is 1.61. The summed E-state index contributed by atoms with van der Waals surface area (Å²) in [5.41, 5.74) is -0.721. The lowest BCUT2D eigenvalue weighted by Gasteiger charge is -2.11. The minimum Gasteiger partial charge on any atom is -0.387 e. The van der Waals surface area contributed by atoms with E-state index in [0.717, 1.165) is 17.4 Å². The maximum absolute atomic E-state index is 14.3. The Labute approximate surface area is 167 Å². The molecule has 1 aliphatic rings. The fourth-order valence-corrected chi connectivity index (χ4v) is 5.86. The quantitative estimate of drug-likeness (QED) is 0.574. The van der Waals surface area contributed by atoms with Gasteiger partial charge in [-0.3, -0.25) is 9.52 Å². The van der Waals surface area contributed by atoms with Crippen LogP contribution in [0.25, 0.3) is 10.8 Å². The van der Waals surface area contributed by atoms with E-state index in [0.29, 0.717) is 15.6 Å². The van der Waals surface area contributed by atoms with E-state index in [1.165, 1.54) is 30.5 Å². The molecule has 3 N–H and O–H groups in total. The first kappa shape index (κ1) is 19.9. The molecular weight excluding hydrogens is 429 g/mol. The molecule has 11 heteroatoms. The molecular formula is C18H15F3N2O4S2. The molecule has 0 spiro atoms. The van der Waals surface area contributed by atoms with E-state index in [9.17, 15) is 31.5 Å². The number of pyridine rings is 1. The van der Waals surface area contributed by atoms with Crippen molar-refractivity contribution in [3.05, 3.63) is 57.6 Å². The number of aliphatic hydroxyl groups excluding tert-OH is 1. The van der Waals surface area contributed by atoms with Crippen LogP contribution in [0.5, 0.6) is 0 Å². The van der Waals surface area contributed by atoms with Gasteiger partial charge in [0, 0.05) is 34.9 Å². The van der Waals surface area contributed by atoms with Gasteiger partial charge in [0.05, 0.1) is 5.69 Å². The van der Waals surface area contributed by atoms with Gasteiger partial charge in [-0.25, -0.2) is 21.6 Å². The molecule has 0 bridgehead atoms. The number of hydrogen-bond donors (Lipinski definition) is 3. The monoisotopic (exact) mass is 444 g/mol. The molecule has 0 radical (unpaired) electrons. The Kier molecular flexibility index (Phi) is 4.71. The molecule has 154 valence electrons. The number of hydrogen-bond acceptors (Lipinski definition) is 5. The van der Waals surface area contributed by atoms with Crippen LogP contribution in [0.15, 0.2) is 45.5 Å². The van der Waals surface area contributed by atoms with Crippen LogP contribution in [0.4, 0.5) is 18.9 Å². The lowest BCUT2D eigenvalue weighted by atomic mass is 10.1. The van der Waals surface area contributed by atoms with Crippen LogP contribution in [-0.2, 0) is 10.0 Å². The van der Waals surface area contributed by atoms with Crippen molar-refractivity contribution in [1.82, 2.24) is 4.98 Å². The van der Waals surface area contributed by atoms with Crippen molar-refractivity contribution in [2.24, 2.45) is 0 Å². The molecule has 0 saturated heterocycles. The molecule has 1 fully saturated rings. The molecule has 2 unspecified atom stereocenters. The van der Waals surface area contributed by atoms with Gasteiger partial charge in [0.1, 0.15) is 16.1 Å². The first-order chi connectivity index (χ1) is 13.5. The van der Waals surface area contributed by atoms with Crippen molar-refractivity contribution in [2.45, 2.75) is 35.0 Å². The van der Waals surface area contributed by atoms with Crippen LogP contribution < -0.4 is 10.3 Å². The number of aromatic amines is 1. The normalized spacial score (nSPS) is 21.5. The third-order valence-electron chi connectivity index (χ3n) is 4.86. The predicted molar refractivity (Wildman–Crippen MR) is 103 cm³/mol. The molecule has 2 aromatic heterocycles. The van der Waals surface area contributed by atoms with Gasteiger partial charge in [-0.2, -0.15) is 0 Å². The molecule has 0 amide bonds. The van der Waals surface area contributed by atoms with Crippen LogP contribution >= 0.6 is 11.3 Å². The van der Waals surface area contributed by atoms with E-state index >= 15 is 0 Å². The van der Waals surface area contributed by atoms with E-state index in [2.05, 4.69) is 9.71 Å². The lowest BCUT2D eigenvalue weighted by molar-refractivity contribution is -0.0854. The standard InChI is InChI=1S/C18H15F3N2O4S2/c19-12-3-9-6-16(25)22-8-11(9)4-13(12)23-29(26,27)17-2-1-14(28-17)10-5-15(24)18(20,21)7-10/h1-4,6,8,10,15,23-24H,5,7H2,(H,22,25). The highest BCUT2D eigenvalue weighted by Crippen LogP contribution is 2.46. The van der Waals surface area contributed by atoms with Gasteiger partial charge < -0.3 is 10.1 Å². The second-order valence-corrected chi connectivity index (χ2v) is 9.96. The van der Waals surface area contributed by atoms with E-state index < -0.39 is 45.8 Å². The number of aromatic nitrogens is 1. The van der Waals surface area contributed by atoms with Crippen LogP contribution in [-0.4, -0.2) is 30.5 Å². The van der Waals surface area contributed by atoms with E-state index in [-0.39, 0.29) is 16.3 Å². The summed E-state index contributed by atoms with van der Waals surface area (Å²) in [5, 5.41) is 10.2. The number of benzene rings is 1. The summed E-state index contributed by atoms with van der Waals surface area (Å²) in [4.78, 5) is 14.2. The van der Waals surface area contributed by atoms with E-state index in [1.54, 1.807) is 0 Å². The minimum atomic E-state index is -4.16. The molecule has 6 nitrogen and oxygen atoms in total. The Morgan fingerprint density at radius 3 is 2.66 bits per heavy atom. The lowest BCUT2D eigenvalue weighted by Crippen LogP contribution is -2.26. The molecule has 1 aromatic carbocycles. The summed E-state index contributed by atoms with van der Waals surface area (Å²) in [7, 11) is -4.16. The largest absolute Gasteiger partial charge is 0.387 e. The van der Waals surface area contributed by atoms with Crippen LogP contribution in [0.1, 0.15) is 23.6 Å². The maximum atomic E-state index is 14.3. The Hall–Kier alpha value is -2.37. The van der Waals surface area contributed by atoms with Crippen molar-refractivity contribution in [3.8, 4) is 0 Å². The summed E-state index contributed by atoms with van der Waals surface area (Å²) in [6.45, 7) is 0. The first-order valence-electron chi connectivity index (χ1n) is 8.55. The van der Waals surface area contributed by atoms with Crippen molar-refractivity contribution < 1.29 is 26.7 Å². The fourth-order valence-electron chi connectivity index (χ4n) is 3.37. The number of anilines is 1. The number of fused-ring (bicyclic) bond motifs is 1. The molecule has 3 aromatic rings. The summed E-state index contributed by atoms with van der Waals surface area (Å²) in [6.07, 6.45) is -1.13. The van der Waals surface area contributed by atoms with Crippen LogP contribution in [0.3, 0.4) is 0 Å². The average Bonchev–Trinajstić information content (AvgIpc) is 3.21. The summed E-state index contributed by atoms with van der Waals surface area (Å²) in [6, 6.07) is 6.18. The van der Waals surface area contributed by atoms with Gasteiger partial charge in [-0.1, -0.05) is 0 Å². The number of rotatable bonds is 4. The highest BCUT2D eigenvalue weighted by Gasteiger charge is 2.48.